The first kappa shape index (κ1) is 12.1. The largest absolute Gasteiger partial charge is 0.472 e. The van der Waals surface area contributed by atoms with Crippen molar-refractivity contribution in [2.75, 3.05) is 11.9 Å². The number of hydrogen-bond donors (Lipinski definition) is 0. The van der Waals surface area contributed by atoms with E-state index in [1.165, 1.54) is 4.90 Å². The van der Waals surface area contributed by atoms with Crippen LogP contribution in [0.2, 0.25) is 0 Å². The summed E-state index contributed by atoms with van der Waals surface area (Å²) in [5, 5.41) is 0. The molecule has 1 unspecified atom stereocenters. The topological polar surface area (TPSA) is 55.3 Å². The molecule has 1 aliphatic heterocycles. The molecule has 0 radical (unpaired) electrons. The molecule has 96 valence electrons. The van der Waals surface area contributed by atoms with Crippen LogP contribution in [0.15, 0.2) is 41.3 Å². The van der Waals surface area contributed by atoms with Gasteiger partial charge in [0.2, 0.25) is 6.10 Å². The minimum absolute atomic E-state index is 0.157. The van der Waals surface area contributed by atoms with E-state index in [9.17, 15) is 4.79 Å². The van der Waals surface area contributed by atoms with Gasteiger partial charge in [-0.3, -0.25) is 14.7 Å². The Kier molecular flexibility index (Phi) is 2.94. The number of halogens is 1. The van der Waals surface area contributed by atoms with E-state index in [4.69, 9.17) is 4.74 Å². The molecule has 1 atom stereocenters. The third-order valence-corrected chi connectivity index (χ3v) is 3.34. The van der Waals surface area contributed by atoms with Gasteiger partial charge in [0.1, 0.15) is 0 Å². The molecule has 5 nitrogen and oxygen atoms in total. The van der Waals surface area contributed by atoms with Gasteiger partial charge in [-0.15, -0.1) is 0 Å². The number of aromatic nitrogens is 2. The van der Waals surface area contributed by atoms with E-state index in [1.807, 2.05) is 6.07 Å². The molecule has 0 fully saturated rings. The first-order chi connectivity index (χ1) is 9.16. The second-order valence-corrected chi connectivity index (χ2v) is 5.07. The van der Waals surface area contributed by atoms with Crippen LogP contribution < -0.4 is 9.64 Å². The van der Waals surface area contributed by atoms with Crippen molar-refractivity contribution in [1.29, 1.82) is 0 Å². The van der Waals surface area contributed by atoms with Gasteiger partial charge in [0.25, 0.3) is 5.91 Å². The molecule has 0 spiro atoms. The Hall–Kier alpha value is -1.95. The van der Waals surface area contributed by atoms with Crippen molar-refractivity contribution >= 4 is 27.7 Å². The van der Waals surface area contributed by atoms with Crippen molar-refractivity contribution in [2.24, 2.45) is 0 Å². The fourth-order valence-corrected chi connectivity index (χ4v) is 2.26. The van der Waals surface area contributed by atoms with E-state index in [0.29, 0.717) is 11.6 Å². The number of carbonyl (C=O) groups excluding carboxylic acids is 1. The summed E-state index contributed by atoms with van der Waals surface area (Å²) in [5.74, 6) is 0.939. The van der Waals surface area contributed by atoms with E-state index in [-0.39, 0.29) is 5.91 Å². The van der Waals surface area contributed by atoms with Gasteiger partial charge in [0.15, 0.2) is 11.6 Å². The van der Waals surface area contributed by atoms with Crippen molar-refractivity contribution < 1.29 is 9.53 Å². The highest BCUT2D eigenvalue weighted by atomic mass is 79.9. The molecule has 1 amide bonds. The minimum Gasteiger partial charge on any atom is -0.472 e. The molecule has 0 saturated carbocycles. The second kappa shape index (κ2) is 4.62. The number of nitrogens with zero attached hydrogens (tertiary/aromatic N) is 3. The normalized spacial score (nSPS) is 17.9. The third-order valence-electron chi connectivity index (χ3n) is 2.90. The summed E-state index contributed by atoms with van der Waals surface area (Å²) >= 11 is 3.34. The molecule has 3 heterocycles. The molecule has 0 saturated heterocycles. The van der Waals surface area contributed by atoms with Gasteiger partial charge < -0.3 is 4.74 Å². The Morgan fingerprint density at radius 2 is 2.26 bits per heavy atom. The summed E-state index contributed by atoms with van der Waals surface area (Å²) in [7, 11) is 1.69. The lowest BCUT2D eigenvalue weighted by molar-refractivity contribution is -0.126. The molecule has 2 aromatic rings. The van der Waals surface area contributed by atoms with Gasteiger partial charge in [0, 0.05) is 35.7 Å². The third kappa shape index (κ3) is 2.08. The van der Waals surface area contributed by atoms with E-state index >= 15 is 0 Å². The second-order valence-electron chi connectivity index (χ2n) is 4.16. The predicted octanol–water partition coefficient (Wildman–Crippen LogP) is 2.34. The zero-order chi connectivity index (χ0) is 13.4. The highest BCUT2D eigenvalue weighted by Gasteiger charge is 2.34. The maximum atomic E-state index is 12.3. The van der Waals surface area contributed by atoms with Gasteiger partial charge in [-0.25, -0.2) is 4.98 Å². The minimum atomic E-state index is -0.678. The Bertz CT molecular complexity index is 633. The zero-order valence-corrected chi connectivity index (χ0v) is 11.7. The van der Waals surface area contributed by atoms with Crippen molar-refractivity contribution in [3.63, 3.8) is 0 Å². The molecule has 3 rings (SSSR count). The van der Waals surface area contributed by atoms with E-state index in [1.54, 1.807) is 37.8 Å². The van der Waals surface area contributed by atoms with Crippen molar-refractivity contribution in [3.05, 3.63) is 46.8 Å². The summed E-state index contributed by atoms with van der Waals surface area (Å²) in [4.78, 5) is 22.0. The highest BCUT2D eigenvalue weighted by Crippen LogP contribution is 2.37. The molecule has 19 heavy (non-hydrogen) atoms. The van der Waals surface area contributed by atoms with Crippen molar-refractivity contribution in [1.82, 2.24) is 9.97 Å². The fraction of sp³-hybridized carbons (Fsp3) is 0.154. The van der Waals surface area contributed by atoms with Crippen LogP contribution in [-0.4, -0.2) is 22.9 Å². The number of carbonyl (C=O) groups is 1. The van der Waals surface area contributed by atoms with Crippen LogP contribution in [-0.2, 0) is 4.79 Å². The first-order valence-corrected chi connectivity index (χ1v) is 6.46. The molecular weight excluding hydrogens is 310 g/mol. The van der Waals surface area contributed by atoms with Crippen LogP contribution in [0.3, 0.4) is 0 Å². The summed E-state index contributed by atoms with van der Waals surface area (Å²) < 4.78 is 6.56. The smallest absolute Gasteiger partial charge is 0.273 e. The molecule has 2 aromatic heterocycles. The van der Waals surface area contributed by atoms with Gasteiger partial charge in [-0.05, 0) is 28.1 Å². The van der Waals surface area contributed by atoms with Crippen LogP contribution in [0, 0.1) is 0 Å². The maximum absolute atomic E-state index is 12.3. The lowest BCUT2D eigenvalue weighted by atomic mass is 10.1. The number of anilines is 1. The van der Waals surface area contributed by atoms with Gasteiger partial charge in [-0.2, -0.15) is 0 Å². The number of hydrogen-bond acceptors (Lipinski definition) is 4. The monoisotopic (exact) mass is 319 g/mol. The van der Waals surface area contributed by atoms with Crippen LogP contribution in [0.5, 0.6) is 5.75 Å². The number of amides is 1. The Morgan fingerprint density at radius 1 is 1.42 bits per heavy atom. The first-order valence-electron chi connectivity index (χ1n) is 5.66. The average Bonchev–Trinajstić information content (AvgIpc) is 2.43. The number of fused-ring (bicyclic) bond motifs is 1. The van der Waals surface area contributed by atoms with Crippen LogP contribution in [0.25, 0.3) is 0 Å². The number of pyridine rings is 2. The lowest BCUT2D eigenvalue weighted by Gasteiger charge is -2.30. The molecular formula is C13H10BrN3O2. The highest BCUT2D eigenvalue weighted by molar-refractivity contribution is 9.10. The molecule has 0 N–H and O–H groups in total. The van der Waals surface area contributed by atoms with Gasteiger partial charge >= 0.3 is 0 Å². The average molecular weight is 320 g/mol. The quantitative estimate of drug-likeness (QED) is 0.809. The molecule has 6 heteroatoms. The molecule has 0 bridgehead atoms. The van der Waals surface area contributed by atoms with Crippen LogP contribution >= 0.6 is 15.9 Å². The number of rotatable bonds is 1. The summed E-state index contributed by atoms with van der Waals surface area (Å²) in [6.45, 7) is 0. The summed E-state index contributed by atoms with van der Waals surface area (Å²) in [5.41, 5.74) is 0.727. The Balaban J connectivity index is 2.05. The molecule has 1 aliphatic rings. The SMILES string of the molecule is CN1C(=O)C(c2cccnc2)Oc2cc(Br)cnc21. The predicted molar refractivity (Wildman–Crippen MR) is 73.0 cm³/mol. The lowest BCUT2D eigenvalue weighted by Crippen LogP contribution is -2.39. The van der Waals surface area contributed by atoms with Crippen molar-refractivity contribution in [3.8, 4) is 5.75 Å². The van der Waals surface area contributed by atoms with E-state index in [2.05, 4.69) is 25.9 Å². The standard InChI is InChI=1S/C13H10BrN3O2/c1-17-12-10(5-9(14)7-16-12)19-11(13(17)18)8-3-2-4-15-6-8/h2-7,11H,1H3. The zero-order valence-electron chi connectivity index (χ0n) is 10.1. The fourth-order valence-electron chi connectivity index (χ4n) is 1.95. The maximum Gasteiger partial charge on any atom is 0.273 e. The van der Waals surface area contributed by atoms with Crippen LogP contribution in [0.4, 0.5) is 5.82 Å². The Morgan fingerprint density at radius 3 is 3.00 bits per heavy atom. The molecule has 0 aromatic carbocycles. The van der Waals surface area contributed by atoms with Gasteiger partial charge in [0.05, 0.1) is 0 Å². The summed E-state index contributed by atoms with van der Waals surface area (Å²) in [6, 6.07) is 5.40. The number of ether oxygens (including phenoxy) is 1. The van der Waals surface area contributed by atoms with E-state index in [0.717, 1.165) is 10.0 Å². The van der Waals surface area contributed by atoms with E-state index < -0.39 is 6.10 Å². The van der Waals surface area contributed by atoms with Crippen molar-refractivity contribution in [2.45, 2.75) is 6.10 Å². The Labute approximate surface area is 118 Å². The summed E-state index contributed by atoms with van der Waals surface area (Å²) in [6.07, 6.45) is 4.25. The van der Waals surface area contributed by atoms with Crippen LogP contribution in [0.1, 0.15) is 11.7 Å². The number of likely N-dealkylation sites (N-methyl/N-ethyl adjacent to an activating group) is 1. The molecule has 0 aliphatic carbocycles. The van der Waals surface area contributed by atoms with Gasteiger partial charge in [-0.1, -0.05) is 6.07 Å².